The van der Waals surface area contributed by atoms with Crippen molar-refractivity contribution in [2.75, 3.05) is 77.7 Å². The average molecular weight is 538 g/mol. The van der Waals surface area contributed by atoms with Crippen LogP contribution in [0.25, 0.3) is 27.7 Å². The minimum absolute atomic E-state index is 0.409. The van der Waals surface area contributed by atoms with E-state index in [-0.39, 0.29) is 0 Å². The summed E-state index contributed by atoms with van der Waals surface area (Å²) in [6.45, 7) is 8.48. The normalized spacial score (nSPS) is 14.6. The molecular weight excluding hydrogens is 502 g/mol. The first-order chi connectivity index (χ1) is 18.4. The molecule has 0 saturated carbocycles. The number of aromatic nitrogens is 3. The number of nitrogens with zero attached hydrogens (tertiary/aromatic N) is 5. The molecular formula is C28H36ClN7O2. The van der Waals surface area contributed by atoms with Gasteiger partial charge in [-0.05, 0) is 51.7 Å². The average Bonchev–Trinajstić information content (AvgIpc) is 3.39. The molecule has 0 atom stereocenters. The number of anilines is 2. The molecule has 1 aliphatic heterocycles. The highest BCUT2D eigenvalue weighted by atomic mass is 35.5. The molecule has 0 spiro atoms. The number of hydrogen-bond acceptors (Lipinski definition) is 8. The number of ether oxygens (including phenoxy) is 2. The van der Waals surface area contributed by atoms with Gasteiger partial charge in [-0.15, -0.1) is 0 Å². The molecule has 1 fully saturated rings. The number of fused-ring (bicyclic) bond motifs is 3. The molecule has 9 nitrogen and oxygen atoms in total. The van der Waals surface area contributed by atoms with E-state index in [9.17, 15) is 0 Å². The Morgan fingerprint density at radius 1 is 1.18 bits per heavy atom. The number of halogens is 1. The third-order valence-electron chi connectivity index (χ3n) is 6.95. The number of nitrogen functional groups attached to an aromatic ring is 1. The molecule has 0 unspecified atom stereocenters. The maximum Gasteiger partial charge on any atom is 0.152 e. The summed E-state index contributed by atoms with van der Waals surface area (Å²) >= 11 is 6.86. The van der Waals surface area contributed by atoms with Crippen LogP contribution in [-0.4, -0.2) is 90.8 Å². The molecule has 0 aliphatic carbocycles. The fraction of sp³-hybridized carbons (Fsp3) is 0.429. The fourth-order valence-electron chi connectivity index (χ4n) is 4.97. The summed E-state index contributed by atoms with van der Waals surface area (Å²) in [5.74, 6) is 1.14. The van der Waals surface area contributed by atoms with E-state index in [2.05, 4.69) is 53.3 Å². The Bertz CT molecular complexity index is 1400. The standard InChI is InChI=1S/C28H36ClN7O2/c1-19-6-4-7-20(29)24(19)25-26-22(36-18-31-17-23(36)28(30)33-26)16-21(32-8-5-9-34(2)3)27(25)38-15-12-35-10-13-37-14-11-35/h4,6-7,16-18,32H,5,8-15H2,1-3H3,(H2,30,33). The highest BCUT2D eigenvalue weighted by Crippen LogP contribution is 2.46. The third kappa shape index (κ3) is 5.51. The lowest BCUT2D eigenvalue weighted by atomic mass is 9.96. The van der Waals surface area contributed by atoms with Gasteiger partial charge in [0.1, 0.15) is 23.5 Å². The molecule has 10 heteroatoms. The van der Waals surface area contributed by atoms with Gasteiger partial charge in [0.05, 0.1) is 42.5 Å². The number of hydrogen-bond donors (Lipinski definition) is 2. The van der Waals surface area contributed by atoms with Gasteiger partial charge in [-0.3, -0.25) is 9.30 Å². The van der Waals surface area contributed by atoms with Crippen molar-refractivity contribution in [2.45, 2.75) is 13.3 Å². The Labute approximate surface area is 228 Å². The van der Waals surface area contributed by atoms with Crippen LogP contribution in [-0.2, 0) is 4.74 Å². The van der Waals surface area contributed by atoms with Gasteiger partial charge in [-0.1, -0.05) is 23.7 Å². The number of nitrogens with one attached hydrogen (secondary N) is 1. The van der Waals surface area contributed by atoms with Crippen LogP contribution in [0.1, 0.15) is 12.0 Å². The van der Waals surface area contributed by atoms with Crippen LogP contribution in [0.15, 0.2) is 36.8 Å². The minimum Gasteiger partial charge on any atom is -0.489 e. The third-order valence-corrected chi connectivity index (χ3v) is 7.27. The van der Waals surface area contributed by atoms with Crippen LogP contribution < -0.4 is 15.8 Å². The summed E-state index contributed by atoms with van der Waals surface area (Å²) in [6, 6.07) is 8.01. The number of imidazole rings is 1. The predicted octanol–water partition coefficient (Wildman–Crippen LogP) is 4.17. The van der Waals surface area contributed by atoms with Crippen LogP contribution in [0.3, 0.4) is 0 Å². The highest BCUT2D eigenvalue weighted by Gasteiger charge is 2.24. The van der Waals surface area contributed by atoms with Gasteiger partial charge < -0.3 is 25.4 Å². The first-order valence-corrected chi connectivity index (χ1v) is 13.5. The molecule has 5 rings (SSSR count). The van der Waals surface area contributed by atoms with E-state index >= 15 is 0 Å². The Kier molecular flexibility index (Phi) is 8.18. The Morgan fingerprint density at radius 2 is 2.00 bits per heavy atom. The summed E-state index contributed by atoms with van der Waals surface area (Å²) < 4.78 is 14.1. The van der Waals surface area contributed by atoms with E-state index < -0.39 is 0 Å². The van der Waals surface area contributed by atoms with Gasteiger partial charge in [0, 0.05) is 36.8 Å². The van der Waals surface area contributed by atoms with E-state index in [0.717, 1.165) is 97.0 Å². The lowest BCUT2D eigenvalue weighted by Crippen LogP contribution is -2.38. The van der Waals surface area contributed by atoms with E-state index in [1.807, 2.05) is 16.5 Å². The predicted molar refractivity (Wildman–Crippen MR) is 155 cm³/mol. The fourth-order valence-corrected chi connectivity index (χ4v) is 5.29. The molecule has 0 bridgehead atoms. The molecule has 1 saturated heterocycles. The maximum absolute atomic E-state index is 6.86. The molecule has 0 radical (unpaired) electrons. The lowest BCUT2D eigenvalue weighted by molar-refractivity contribution is 0.0323. The number of morpholine rings is 1. The number of nitrogens with two attached hydrogens (primary N) is 1. The zero-order chi connectivity index (χ0) is 26.6. The van der Waals surface area contributed by atoms with E-state index in [1.54, 1.807) is 12.5 Å². The largest absolute Gasteiger partial charge is 0.489 e. The molecule has 3 N–H and O–H groups in total. The van der Waals surface area contributed by atoms with Crippen molar-refractivity contribution in [3.8, 4) is 16.9 Å². The van der Waals surface area contributed by atoms with Crippen LogP contribution in [0.5, 0.6) is 5.75 Å². The van der Waals surface area contributed by atoms with Crippen LogP contribution >= 0.6 is 11.6 Å². The van der Waals surface area contributed by atoms with Crippen molar-refractivity contribution in [2.24, 2.45) is 0 Å². The minimum atomic E-state index is 0.409. The summed E-state index contributed by atoms with van der Waals surface area (Å²) in [4.78, 5) is 13.8. The van der Waals surface area contributed by atoms with Crippen molar-refractivity contribution in [3.63, 3.8) is 0 Å². The summed E-state index contributed by atoms with van der Waals surface area (Å²) in [7, 11) is 4.17. The molecule has 38 heavy (non-hydrogen) atoms. The molecule has 2 aromatic carbocycles. The van der Waals surface area contributed by atoms with Crippen LogP contribution in [0.2, 0.25) is 5.02 Å². The maximum atomic E-state index is 6.86. The Balaban J connectivity index is 1.66. The molecule has 2 aromatic heterocycles. The van der Waals surface area contributed by atoms with Gasteiger partial charge in [-0.25, -0.2) is 9.97 Å². The molecule has 0 amide bonds. The number of aryl methyl sites for hydroxylation is 1. The second-order valence-corrected chi connectivity index (χ2v) is 10.4. The quantitative estimate of drug-likeness (QED) is 0.291. The van der Waals surface area contributed by atoms with Gasteiger partial charge in [-0.2, -0.15) is 0 Å². The summed E-state index contributed by atoms with van der Waals surface area (Å²) in [6.07, 6.45) is 4.49. The highest BCUT2D eigenvalue weighted by molar-refractivity contribution is 6.34. The molecule has 3 heterocycles. The molecule has 4 aromatic rings. The first kappa shape index (κ1) is 26.5. The van der Waals surface area contributed by atoms with Crippen molar-refractivity contribution in [1.29, 1.82) is 0 Å². The van der Waals surface area contributed by atoms with Crippen molar-refractivity contribution in [1.82, 2.24) is 24.2 Å². The van der Waals surface area contributed by atoms with Gasteiger partial charge in [0.25, 0.3) is 0 Å². The molecule has 202 valence electrons. The topological polar surface area (TPSA) is 93.2 Å². The van der Waals surface area contributed by atoms with E-state index in [4.69, 9.17) is 31.8 Å². The number of benzene rings is 2. The van der Waals surface area contributed by atoms with E-state index in [1.165, 1.54) is 0 Å². The monoisotopic (exact) mass is 537 g/mol. The summed E-state index contributed by atoms with van der Waals surface area (Å²) in [5.41, 5.74) is 12.5. The molecule has 1 aliphatic rings. The van der Waals surface area contributed by atoms with Gasteiger partial charge >= 0.3 is 0 Å². The van der Waals surface area contributed by atoms with Crippen LogP contribution in [0.4, 0.5) is 11.5 Å². The summed E-state index contributed by atoms with van der Waals surface area (Å²) in [5, 5.41) is 4.29. The zero-order valence-electron chi connectivity index (χ0n) is 22.3. The SMILES string of the molecule is Cc1cccc(Cl)c1-c1c(OCCN2CCOCC2)c(NCCCN(C)C)cc2c1nc(N)c1cncn12. The Hall–Kier alpha value is -3.11. The van der Waals surface area contributed by atoms with Crippen molar-refractivity contribution >= 4 is 39.7 Å². The smallest absolute Gasteiger partial charge is 0.152 e. The van der Waals surface area contributed by atoms with E-state index in [0.29, 0.717) is 17.4 Å². The lowest BCUT2D eigenvalue weighted by Gasteiger charge is -2.27. The van der Waals surface area contributed by atoms with Gasteiger partial charge in [0.15, 0.2) is 5.75 Å². The van der Waals surface area contributed by atoms with Gasteiger partial charge in [0.2, 0.25) is 0 Å². The second kappa shape index (κ2) is 11.7. The Morgan fingerprint density at radius 3 is 2.76 bits per heavy atom. The first-order valence-electron chi connectivity index (χ1n) is 13.1. The van der Waals surface area contributed by atoms with Crippen LogP contribution in [0, 0.1) is 6.92 Å². The van der Waals surface area contributed by atoms with Crippen molar-refractivity contribution in [3.05, 3.63) is 47.4 Å². The van der Waals surface area contributed by atoms with Crippen molar-refractivity contribution < 1.29 is 9.47 Å². The number of rotatable bonds is 10. The second-order valence-electron chi connectivity index (χ2n) is 9.96. The zero-order valence-corrected chi connectivity index (χ0v) is 23.1.